The molecule has 25 heavy (non-hydrogen) atoms. The molecule has 1 aromatic carbocycles. The summed E-state index contributed by atoms with van der Waals surface area (Å²) >= 11 is 0. The zero-order chi connectivity index (χ0) is 19.3. The molecule has 1 aromatic rings. The minimum atomic E-state index is -3.68. The monoisotopic (exact) mass is 374 g/mol. The molecule has 0 radical (unpaired) electrons. The van der Waals surface area contributed by atoms with Gasteiger partial charge in [-0.2, -0.15) is 8.42 Å². The average molecular weight is 374 g/mol. The number of ether oxygens (including phenoxy) is 1. The van der Waals surface area contributed by atoms with Gasteiger partial charge in [-0.1, -0.05) is 12.1 Å². The molecule has 1 amide bonds. The summed E-state index contributed by atoms with van der Waals surface area (Å²) in [6, 6.07) is 5.03. The molecule has 0 aliphatic rings. The molecule has 0 saturated heterocycles. The van der Waals surface area contributed by atoms with Crippen molar-refractivity contribution in [2.75, 3.05) is 12.9 Å². The van der Waals surface area contributed by atoms with Crippen molar-refractivity contribution in [2.24, 2.45) is 0 Å². The lowest BCUT2D eigenvalue weighted by Gasteiger charge is -2.23. The Balaban J connectivity index is 2.82. The molecule has 9 nitrogen and oxygen atoms in total. The van der Waals surface area contributed by atoms with Crippen LogP contribution >= 0.6 is 0 Å². The summed E-state index contributed by atoms with van der Waals surface area (Å²) in [7, 11) is -3.68. The summed E-state index contributed by atoms with van der Waals surface area (Å²) in [5.74, 6) is 0. The molecule has 0 unspecified atom stereocenters. The second-order valence-corrected chi connectivity index (χ2v) is 8.10. The van der Waals surface area contributed by atoms with E-state index >= 15 is 0 Å². The number of carbonyl (C=O) groups excluding carboxylic acids is 1. The lowest BCUT2D eigenvalue weighted by Crippen LogP contribution is -2.43. The van der Waals surface area contributed by atoms with E-state index in [0.717, 1.165) is 6.26 Å². The third kappa shape index (κ3) is 9.01. The van der Waals surface area contributed by atoms with Crippen LogP contribution in [0.1, 0.15) is 26.3 Å². The van der Waals surface area contributed by atoms with Gasteiger partial charge < -0.3 is 10.1 Å². The molecule has 0 heterocycles. The van der Waals surface area contributed by atoms with E-state index in [4.69, 9.17) is 8.92 Å². The van der Waals surface area contributed by atoms with Gasteiger partial charge in [0.25, 0.3) is 15.8 Å². The Morgan fingerprint density at radius 3 is 2.28 bits per heavy atom. The van der Waals surface area contributed by atoms with Crippen LogP contribution in [0.5, 0.6) is 0 Å². The summed E-state index contributed by atoms with van der Waals surface area (Å²) < 4.78 is 32.3. The van der Waals surface area contributed by atoms with Gasteiger partial charge in [0.05, 0.1) is 23.8 Å². The second-order valence-electron chi connectivity index (χ2n) is 6.46. The smallest absolute Gasteiger partial charge is 0.407 e. The van der Waals surface area contributed by atoms with Crippen molar-refractivity contribution in [2.45, 2.75) is 38.8 Å². The number of nitrogens with zero attached hydrogens (tertiary/aromatic N) is 1. The molecule has 0 aliphatic carbocycles. The number of rotatable bonds is 7. The average Bonchev–Trinajstić information content (AvgIpc) is 2.42. The summed E-state index contributed by atoms with van der Waals surface area (Å²) in [4.78, 5) is 22.0. The maximum absolute atomic E-state index is 11.9. The predicted octanol–water partition coefficient (Wildman–Crippen LogP) is 2.01. The number of non-ortho nitro benzene ring substituents is 1. The Morgan fingerprint density at radius 1 is 1.28 bits per heavy atom. The summed E-state index contributed by atoms with van der Waals surface area (Å²) in [6.07, 6.45) is 0.410. The van der Waals surface area contributed by atoms with Crippen LogP contribution in [0.3, 0.4) is 0 Å². The van der Waals surface area contributed by atoms with Gasteiger partial charge in [0, 0.05) is 12.1 Å². The Hall–Kier alpha value is -2.20. The van der Waals surface area contributed by atoms with Gasteiger partial charge in [-0.15, -0.1) is 0 Å². The maximum Gasteiger partial charge on any atom is 0.407 e. The van der Waals surface area contributed by atoms with Crippen molar-refractivity contribution in [3.05, 3.63) is 39.9 Å². The molecule has 0 aliphatic heterocycles. The third-order valence-electron chi connectivity index (χ3n) is 2.83. The fourth-order valence-corrected chi connectivity index (χ4v) is 2.28. The molecular formula is C15H22N2O7S. The Bertz CT molecular complexity index is 708. The van der Waals surface area contributed by atoms with E-state index in [-0.39, 0.29) is 18.7 Å². The van der Waals surface area contributed by atoms with E-state index in [1.807, 2.05) is 0 Å². The van der Waals surface area contributed by atoms with Gasteiger partial charge in [0.2, 0.25) is 0 Å². The van der Waals surface area contributed by atoms with Gasteiger partial charge in [-0.25, -0.2) is 4.79 Å². The molecule has 10 heteroatoms. The highest BCUT2D eigenvalue weighted by atomic mass is 32.2. The first-order valence-corrected chi connectivity index (χ1v) is 9.24. The SMILES string of the molecule is CC(C)(C)OC(=O)N[C@H](COS(C)(=O)=O)Cc1ccc([N+](=O)[O-])cc1. The molecule has 0 fully saturated rings. The van der Waals surface area contributed by atoms with E-state index in [1.165, 1.54) is 24.3 Å². The van der Waals surface area contributed by atoms with E-state index in [1.54, 1.807) is 20.8 Å². The first-order valence-electron chi connectivity index (χ1n) is 7.43. The molecule has 0 bridgehead atoms. The number of alkyl carbamates (subject to hydrolysis) is 1. The van der Waals surface area contributed by atoms with Gasteiger partial charge in [-0.3, -0.25) is 14.3 Å². The van der Waals surface area contributed by atoms with Crippen molar-refractivity contribution >= 4 is 21.9 Å². The lowest BCUT2D eigenvalue weighted by molar-refractivity contribution is -0.384. The zero-order valence-electron chi connectivity index (χ0n) is 14.5. The molecule has 0 spiro atoms. The number of amides is 1. The largest absolute Gasteiger partial charge is 0.444 e. The van der Waals surface area contributed by atoms with Crippen molar-refractivity contribution < 1.29 is 27.1 Å². The first kappa shape index (κ1) is 20.8. The number of nitrogens with one attached hydrogen (secondary N) is 1. The highest BCUT2D eigenvalue weighted by Gasteiger charge is 2.21. The maximum atomic E-state index is 11.9. The van der Waals surface area contributed by atoms with Crippen molar-refractivity contribution in [3.63, 3.8) is 0 Å². The predicted molar refractivity (Wildman–Crippen MR) is 90.8 cm³/mol. The number of hydrogen-bond acceptors (Lipinski definition) is 7. The number of nitro benzene ring substituents is 1. The van der Waals surface area contributed by atoms with Crippen LogP contribution in [0.2, 0.25) is 0 Å². The van der Waals surface area contributed by atoms with Gasteiger partial charge >= 0.3 is 6.09 Å². The van der Waals surface area contributed by atoms with Crippen molar-refractivity contribution in [1.82, 2.24) is 5.32 Å². The number of benzene rings is 1. The minimum absolute atomic E-state index is 0.0622. The van der Waals surface area contributed by atoms with Crippen LogP contribution in [0.15, 0.2) is 24.3 Å². The third-order valence-corrected chi connectivity index (χ3v) is 3.40. The number of carbonyl (C=O) groups is 1. The topological polar surface area (TPSA) is 125 Å². The fraction of sp³-hybridized carbons (Fsp3) is 0.533. The highest BCUT2D eigenvalue weighted by molar-refractivity contribution is 7.85. The molecule has 140 valence electrons. The molecule has 0 saturated carbocycles. The quantitative estimate of drug-likeness (QED) is 0.439. The van der Waals surface area contributed by atoms with Crippen LogP contribution in [0, 0.1) is 10.1 Å². The lowest BCUT2D eigenvalue weighted by atomic mass is 10.1. The van der Waals surface area contributed by atoms with Gasteiger partial charge in [0.15, 0.2) is 0 Å². The van der Waals surface area contributed by atoms with Gasteiger partial charge in [-0.05, 0) is 32.8 Å². The Kier molecular flexibility index (Phi) is 6.88. The highest BCUT2D eigenvalue weighted by Crippen LogP contribution is 2.14. The molecular weight excluding hydrogens is 352 g/mol. The number of nitro groups is 1. The second kappa shape index (κ2) is 8.26. The summed E-state index contributed by atoms with van der Waals surface area (Å²) in [5, 5.41) is 13.2. The normalized spacial score (nSPS) is 13.1. The first-order chi connectivity index (χ1) is 11.4. The zero-order valence-corrected chi connectivity index (χ0v) is 15.3. The van der Waals surface area contributed by atoms with Crippen molar-refractivity contribution in [1.29, 1.82) is 0 Å². The van der Waals surface area contributed by atoms with Crippen LogP contribution in [0.25, 0.3) is 0 Å². The van der Waals surface area contributed by atoms with E-state index < -0.39 is 32.8 Å². The summed E-state index contributed by atoms with van der Waals surface area (Å²) in [6.45, 7) is 4.82. The van der Waals surface area contributed by atoms with Crippen molar-refractivity contribution in [3.8, 4) is 0 Å². The van der Waals surface area contributed by atoms with Crippen LogP contribution in [0.4, 0.5) is 10.5 Å². The molecule has 1 atom stereocenters. The number of hydrogen-bond donors (Lipinski definition) is 1. The molecule has 1 rings (SSSR count). The molecule has 0 aromatic heterocycles. The van der Waals surface area contributed by atoms with Crippen LogP contribution in [-0.2, 0) is 25.5 Å². The van der Waals surface area contributed by atoms with E-state index in [0.29, 0.717) is 5.56 Å². The minimum Gasteiger partial charge on any atom is -0.444 e. The Labute approximate surface area is 146 Å². The fourth-order valence-electron chi connectivity index (χ4n) is 1.87. The Morgan fingerprint density at radius 2 is 1.84 bits per heavy atom. The van der Waals surface area contributed by atoms with E-state index in [2.05, 4.69) is 5.32 Å². The molecule has 1 N–H and O–H groups in total. The summed E-state index contributed by atoms with van der Waals surface area (Å²) in [5.41, 5.74) is -0.101. The van der Waals surface area contributed by atoms with E-state index in [9.17, 15) is 23.3 Å². The van der Waals surface area contributed by atoms with Crippen LogP contribution in [-0.4, -0.2) is 43.9 Å². The standard InChI is InChI=1S/C15H22N2O7S/c1-15(2,3)24-14(18)16-12(10-23-25(4,21)22)9-11-5-7-13(8-6-11)17(19)20/h5-8,12H,9-10H2,1-4H3,(H,16,18)/t12-/m0/s1. The van der Waals surface area contributed by atoms with Crippen LogP contribution < -0.4 is 5.32 Å². The van der Waals surface area contributed by atoms with Gasteiger partial charge in [0.1, 0.15) is 5.60 Å².